The number of carboxylic acids is 1. The largest absolute Gasteiger partial charge is 0.478 e. The van der Waals surface area contributed by atoms with Gasteiger partial charge in [-0.3, -0.25) is 0 Å². The zero-order valence-corrected chi connectivity index (χ0v) is 9.20. The second kappa shape index (κ2) is 4.48. The molecular weight excluding hydrogens is 321 g/mol. The van der Waals surface area contributed by atoms with Crippen molar-refractivity contribution in [3.8, 4) is 6.07 Å². The molecule has 0 radical (unpaired) electrons. The zero-order chi connectivity index (χ0) is 11.6. The van der Waals surface area contributed by atoms with Crippen molar-refractivity contribution in [1.82, 2.24) is 4.98 Å². The van der Waals surface area contributed by atoms with Gasteiger partial charge in [0, 0.05) is 0 Å². The molecular formula is C8H3F2IN2O2. The van der Waals surface area contributed by atoms with Gasteiger partial charge in [-0.15, -0.1) is 0 Å². The molecule has 1 rings (SSSR count). The van der Waals surface area contributed by atoms with E-state index in [1.165, 1.54) is 0 Å². The summed E-state index contributed by atoms with van der Waals surface area (Å²) in [6.45, 7) is 0. The number of alkyl halides is 2. The van der Waals surface area contributed by atoms with E-state index in [1.807, 2.05) is 0 Å². The molecule has 0 aromatic carbocycles. The van der Waals surface area contributed by atoms with Gasteiger partial charge in [-0.05, 0) is 28.7 Å². The summed E-state index contributed by atoms with van der Waals surface area (Å²) in [5.74, 6) is -1.49. The SMILES string of the molecule is N#Cc1nc(C(F)F)c(C(=O)O)cc1I. The Labute approximate surface area is 96.7 Å². The summed E-state index contributed by atoms with van der Waals surface area (Å²) >= 11 is 1.67. The van der Waals surface area contributed by atoms with E-state index in [9.17, 15) is 13.6 Å². The van der Waals surface area contributed by atoms with Crippen molar-refractivity contribution >= 4 is 28.6 Å². The van der Waals surface area contributed by atoms with Crippen LogP contribution in [0.3, 0.4) is 0 Å². The predicted octanol–water partition coefficient (Wildman–Crippen LogP) is 2.19. The molecule has 0 amide bonds. The standard InChI is InChI=1S/C8H3F2IN2O2/c9-7(10)6-3(8(14)15)1-4(11)5(2-12)13-6/h1,7H,(H,14,15). The summed E-state index contributed by atoms with van der Waals surface area (Å²) < 4.78 is 25.0. The first-order valence-corrected chi connectivity index (χ1v) is 4.67. The highest BCUT2D eigenvalue weighted by Crippen LogP contribution is 2.24. The van der Waals surface area contributed by atoms with Crippen LogP contribution < -0.4 is 0 Å². The van der Waals surface area contributed by atoms with Crippen LogP contribution in [0, 0.1) is 14.9 Å². The van der Waals surface area contributed by atoms with E-state index in [1.54, 1.807) is 28.7 Å². The van der Waals surface area contributed by atoms with E-state index < -0.39 is 23.7 Å². The van der Waals surface area contributed by atoms with Crippen molar-refractivity contribution in [3.63, 3.8) is 0 Å². The number of hydrogen-bond donors (Lipinski definition) is 1. The molecule has 78 valence electrons. The maximum absolute atomic E-state index is 12.4. The lowest BCUT2D eigenvalue weighted by Gasteiger charge is -2.05. The van der Waals surface area contributed by atoms with E-state index in [0.717, 1.165) is 6.07 Å². The van der Waals surface area contributed by atoms with Gasteiger partial charge in [-0.1, -0.05) is 0 Å². The Morgan fingerprint density at radius 2 is 2.27 bits per heavy atom. The number of aromatic nitrogens is 1. The number of nitrogens with zero attached hydrogens (tertiary/aromatic N) is 2. The molecule has 0 aliphatic heterocycles. The number of rotatable bonds is 2. The minimum atomic E-state index is -3.01. The number of aromatic carboxylic acids is 1. The first-order chi connectivity index (χ1) is 6.97. The molecule has 1 heterocycles. The molecule has 0 unspecified atom stereocenters. The number of hydrogen-bond acceptors (Lipinski definition) is 3. The first kappa shape index (κ1) is 11.8. The molecule has 0 spiro atoms. The topological polar surface area (TPSA) is 74.0 Å². The second-order valence-corrected chi connectivity index (χ2v) is 3.63. The number of pyridine rings is 1. The van der Waals surface area contributed by atoms with Crippen molar-refractivity contribution in [2.75, 3.05) is 0 Å². The van der Waals surface area contributed by atoms with Crippen LogP contribution in [-0.2, 0) is 0 Å². The van der Waals surface area contributed by atoms with Crippen molar-refractivity contribution in [2.24, 2.45) is 0 Å². The molecule has 4 nitrogen and oxygen atoms in total. The van der Waals surface area contributed by atoms with Crippen LogP contribution in [0.1, 0.15) is 28.2 Å². The van der Waals surface area contributed by atoms with Gasteiger partial charge in [0.2, 0.25) is 0 Å². The maximum Gasteiger partial charge on any atom is 0.337 e. The van der Waals surface area contributed by atoms with Crippen molar-refractivity contribution in [1.29, 1.82) is 5.26 Å². The Bertz CT molecular complexity index is 457. The monoisotopic (exact) mass is 324 g/mol. The van der Waals surface area contributed by atoms with E-state index >= 15 is 0 Å². The molecule has 0 fully saturated rings. The number of nitriles is 1. The third-order valence-corrected chi connectivity index (χ3v) is 2.37. The van der Waals surface area contributed by atoms with Crippen LogP contribution in [0.4, 0.5) is 8.78 Å². The third-order valence-electron chi connectivity index (χ3n) is 1.55. The minimum Gasteiger partial charge on any atom is -0.478 e. The normalized spacial score (nSPS) is 10.1. The molecule has 1 N–H and O–H groups in total. The van der Waals surface area contributed by atoms with Gasteiger partial charge in [0.1, 0.15) is 11.8 Å². The smallest absolute Gasteiger partial charge is 0.337 e. The molecule has 0 bridgehead atoms. The molecule has 0 saturated carbocycles. The van der Waals surface area contributed by atoms with Crippen LogP contribution in [0.5, 0.6) is 0 Å². The number of carboxylic acid groups (broad SMARTS) is 1. The summed E-state index contributed by atoms with van der Waals surface area (Å²) in [4.78, 5) is 13.9. The van der Waals surface area contributed by atoms with E-state index in [-0.39, 0.29) is 9.26 Å². The molecule has 15 heavy (non-hydrogen) atoms. The lowest BCUT2D eigenvalue weighted by atomic mass is 10.2. The highest BCUT2D eigenvalue weighted by Gasteiger charge is 2.22. The van der Waals surface area contributed by atoms with E-state index in [2.05, 4.69) is 4.98 Å². The van der Waals surface area contributed by atoms with E-state index in [4.69, 9.17) is 10.4 Å². The van der Waals surface area contributed by atoms with Crippen LogP contribution in [0.15, 0.2) is 6.07 Å². The van der Waals surface area contributed by atoms with Crippen molar-refractivity contribution in [3.05, 3.63) is 26.6 Å². The molecule has 0 saturated heterocycles. The highest BCUT2D eigenvalue weighted by molar-refractivity contribution is 14.1. The Morgan fingerprint density at radius 1 is 1.67 bits per heavy atom. The predicted molar refractivity (Wildman–Crippen MR) is 53.6 cm³/mol. The molecule has 0 aliphatic carbocycles. The fourth-order valence-electron chi connectivity index (χ4n) is 0.919. The summed E-state index contributed by atoms with van der Waals surface area (Å²) in [6, 6.07) is 2.62. The van der Waals surface area contributed by atoms with Gasteiger partial charge in [-0.25, -0.2) is 18.6 Å². The van der Waals surface area contributed by atoms with Crippen molar-refractivity contribution in [2.45, 2.75) is 6.43 Å². The highest BCUT2D eigenvalue weighted by atomic mass is 127. The van der Waals surface area contributed by atoms with Crippen LogP contribution in [0.2, 0.25) is 0 Å². The third kappa shape index (κ3) is 2.38. The van der Waals surface area contributed by atoms with Crippen molar-refractivity contribution < 1.29 is 18.7 Å². The van der Waals surface area contributed by atoms with Gasteiger partial charge in [0.25, 0.3) is 6.43 Å². The van der Waals surface area contributed by atoms with E-state index in [0.29, 0.717) is 0 Å². The number of halogens is 3. The fourth-order valence-corrected chi connectivity index (χ4v) is 1.47. The summed E-state index contributed by atoms with van der Waals surface area (Å²) in [7, 11) is 0. The maximum atomic E-state index is 12.4. The average Bonchev–Trinajstić information content (AvgIpc) is 2.16. The lowest BCUT2D eigenvalue weighted by molar-refractivity contribution is 0.0682. The second-order valence-electron chi connectivity index (χ2n) is 2.47. The lowest BCUT2D eigenvalue weighted by Crippen LogP contribution is -2.08. The Hall–Kier alpha value is -1.30. The minimum absolute atomic E-state index is 0.198. The van der Waals surface area contributed by atoms with Crippen LogP contribution in [0.25, 0.3) is 0 Å². The zero-order valence-electron chi connectivity index (χ0n) is 7.04. The Balaban J connectivity index is 3.47. The molecule has 7 heteroatoms. The quantitative estimate of drug-likeness (QED) is 0.847. The summed E-state index contributed by atoms with van der Waals surface area (Å²) in [5, 5.41) is 17.2. The summed E-state index contributed by atoms with van der Waals surface area (Å²) in [5.41, 5.74) is -1.65. The van der Waals surface area contributed by atoms with Gasteiger partial charge in [0.15, 0.2) is 5.69 Å². The molecule has 0 aliphatic rings. The summed E-state index contributed by atoms with van der Waals surface area (Å²) in [6.07, 6.45) is -3.01. The number of carbonyl (C=O) groups is 1. The van der Waals surface area contributed by atoms with Gasteiger partial charge >= 0.3 is 5.97 Å². The van der Waals surface area contributed by atoms with Gasteiger partial charge in [0.05, 0.1) is 9.13 Å². The fraction of sp³-hybridized carbons (Fsp3) is 0.125. The first-order valence-electron chi connectivity index (χ1n) is 3.59. The average molecular weight is 324 g/mol. The van der Waals surface area contributed by atoms with Crippen LogP contribution in [-0.4, -0.2) is 16.1 Å². The molecule has 0 atom stereocenters. The van der Waals surface area contributed by atoms with Gasteiger partial charge < -0.3 is 5.11 Å². The molecule has 1 aromatic rings. The van der Waals surface area contributed by atoms with Crippen LogP contribution >= 0.6 is 22.6 Å². The molecule has 1 aromatic heterocycles. The Morgan fingerprint density at radius 3 is 2.67 bits per heavy atom. The van der Waals surface area contributed by atoms with Gasteiger partial charge in [-0.2, -0.15) is 5.26 Å². The Kier molecular flexibility index (Phi) is 3.52.